The molecule has 0 atom stereocenters. The maximum absolute atomic E-state index is 12.8. The summed E-state index contributed by atoms with van der Waals surface area (Å²) >= 11 is 1.46. The van der Waals surface area contributed by atoms with E-state index in [1.165, 1.54) is 23.7 Å². The molecule has 0 aliphatic carbocycles. The molecule has 0 aliphatic rings. The van der Waals surface area contributed by atoms with Crippen molar-refractivity contribution in [1.82, 2.24) is 19.4 Å². The van der Waals surface area contributed by atoms with Gasteiger partial charge in [-0.05, 0) is 13.0 Å². The number of aryl methyl sites for hydroxylation is 1. The van der Waals surface area contributed by atoms with E-state index in [0.29, 0.717) is 28.3 Å². The monoisotopic (exact) mass is 375 g/mol. The predicted molar refractivity (Wildman–Crippen MR) is 99.1 cm³/mol. The average Bonchev–Trinajstić information content (AvgIpc) is 3.29. The lowest BCUT2D eigenvalue weighted by atomic mass is 10.1. The van der Waals surface area contributed by atoms with Gasteiger partial charge < -0.3 is 9.14 Å². The average molecular weight is 375 g/mol. The van der Waals surface area contributed by atoms with Crippen LogP contribution in [0.15, 0.2) is 48.5 Å². The summed E-state index contributed by atoms with van der Waals surface area (Å²) in [4.78, 5) is 25.5. The number of ether oxygens (including phenoxy) is 1. The fraction of sp³-hybridized carbons (Fsp3) is 0.105. The summed E-state index contributed by atoms with van der Waals surface area (Å²) in [6.07, 6.45) is 8.27. The SMILES string of the molecule is Cc1csc(CC(=O)c2cc(Oc3cncc(C#N)c3)cn3ccnc23)n1. The molecule has 0 bridgehead atoms. The number of rotatable bonds is 5. The van der Waals surface area contributed by atoms with Crippen molar-refractivity contribution in [2.75, 3.05) is 0 Å². The number of aromatic nitrogens is 4. The molecule has 0 saturated carbocycles. The van der Waals surface area contributed by atoms with E-state index in [0.717, 1.165) is 10.7 Å². The molecule has 0 spiro atoms. The van der Waals surface area contributed by atoms with Crippen LogP contribution in [0.5, 0.6) is 11.5 Å². The Kier molecular flexibility index (Phi) is 4.36. The van der Waals surface area contributed by atoms with E-state index < -0.39 is 0 Å². The molecule has 0 radical (unpaired) electrons. The number of thiazole rings is 1. The zero-order chi connectivity index (χ0) is 18.8. The molecule has 4 heterocycles. The fourth-order valence-electron chi connectivity index (χ4n) is 2.66. The van der Waals surface area contributed by atoms with Crippen LogP contribution in [0.3, 0.4) is 0 Å². The van der Waals surface area contributed by atoms with Crippen molar-refractivity contribution in [3.63, 3.8) is 0 Å². The van der Waals surface area contributed by atoms with Crippen molar-refractivity contribution in [2.45, 2.75) is 13.3 Å². The van der Waals surface area contributed by atoms with E-state index in [2.05, 4.69) is 15.0 Å². The summed E-state index contributed by atoms with van der Waals surface area (Å²) < 4.78 is 7.55. The standard InChI is InChI=1S/C19H13N5O2S/c1-12-11-27-18(23-12)6-17(25)16-5-15(10-24-3-2-22-19(16)24)26-14-4-13(7-20)8-21-9-14/h2-5,8-11H,6H2,1H3. The van der Waals surface area contributed by atoms with Crippen molar-refractivity contribution in [1.29, 1.82) is 5.26 Å². The molecule has 0 N–H and O–H groups in total. The van der Waals surface area contributed by atoms with Gasteiger partial charge in [-0.15, -0.1) is 11.3 Å². The molecule has 4 aromatic rings. The van der Waals surface area contributed by atoms with Crippen LogP contribution in [0, 0.1) is 18.3 Å². The van der Waals surface area contributed by atoms with Gasteiger partial charge in [0.15, 0.2) is 5.78 Å². The number of Topliss-reactive ketones (excluding diaryl/α,β-unsaturated/α-hetero) is 1. The number of imidazole rings is 1. The van der Waals surface area contributed by atoms with Crippen molar-refractivity contribution in [3.05, 3.63) is 70.3 Å². The van der Waals surface area contributed by atoms with Gasteiger partial charge in [-0.25, -0.2) is 9.97 Å². The number of fused-ring (bicyclic) bond motifs is 1. The van der Waals surface area contributed by atoms with Gasteiger partial charge >= 0.3 is 0 Å². The Hall–Kier alpha value is -3.57. The minimum absolute atomic E-state index is 0.0881. The molecule has 0 saturated heterocycles. The summed E-state index contributed by atoms with van der Waals surface area (Å²) in [5.74, 6) is 0.786. The van der Waals surface area contributed by atoms with E-state index >= 15 is 0 Å². The molecule has 0 unspecified atom stereocenters. The molecule has 0 fully saturated rings. The molecule has 4 rings (SSSR count). The molecule has 7 nitrogen and oxygen atoms in total. The van der Waals surface area contributed by atoms with Gasteiger partial charge in [0.2, 0.25) is 0 Å². The van der Waals surface area contributed by atoms with E-state index in [4.69, 9.17) is 10.00 Å². The van der Waals surface area contributed by atoms with Gasteiger partial charge in [-0.1, -0.05) is 0 Å². The first-order valence-corrected chi connectivity index (χ1v) is 8.94. The maximum Gasteiger partial charge on any atom is 0.173 e. The first-order valence-electron chi connectivity index (χ1n) is 8.06. The van der Waals surface area contributed by atoms with E-state index in [1.807, 2.05) is 18.4 Å². The smallest absolute Gasteiger partial charge is 0.173 e. The van der Waals surface area contributed by atoms with Gasteiger partial charge in [-0.3, -0.25) is 9.78 Å². The van der Waals surface area contributed by atoms with Gasteiger partial charge in [-0.2, -0.15) is 5.26 Å². The molecular weight excluding hydrogens is 362 g/mol. The zero-order valence-corrected chi connectivity index (χ0v) is 15.1. The van der Waals surface area contributed by atoms with Crippen molar-refractivity contribution in [3.8, 4) is 17.6 Å². The molecule has 8 heteroatoms. The lowest BCUT2D eigenvalue weighted by Crippen LogP contribution is -2.07. The fourth-order valence-corrected chi connectivity index (χ4v) is 3.43. The molecule has 0 amide bonds. The first kappa shape index (κ1) is 16.9. The number of nitriles is 1. The highest BCUT2D eigenvalue weighted by atomic mass is 32.1. The number of hydrogen-bond acceptors (Lipinski definition) is 7. The summed E-state index contributed by atoms with van der Waals surface area (Å²) in [6, 6.07) is 5.27. The lowest BCUT2D eigenvalue weighted by Gasteiger charge is -2.09. The van der Waals surface area contributed by atoms with E-state index in [1.54, 1.807) is 35.1 Å². The van der Waals surface area contributed by atoms with Crippen LogP contribution in [0.2, 0.25) is 0 Å². The second kappa shape index (κ2) is 6.97. The van der Waals surface area contributed by atoms with Crippen LogP contribution >= 0.6 is 11.3 Å². The van der Waals surface area contributed by atoms with Gasteiger partial charge in [0, 0.05) is 35.7 Å². The van der Waals surface area contributed by atoms with Crippen LogP contribution in [-0.2, 0) is 6.42 Å². The third kappa shape index (κ3) is 3.54. The van der Waals surface area contributed by atoms with Crippen LogP contribution in [0.1, 0.15) is 26.6 Å². The van der Waals surface area contributed by atoms with Crippen LogP contribution in [-0.4, -0.2) is 25.1 Å². The van der Waals surface area contributed by atoms with Crippen LogP contribution in [0.4, 0.5) is 0 Å². The van der Waals surface area contributed by atoms with Crippen molar-refractivity contribution >= 4 is 22.8 Å². The molecule has 27 heavy (non-hydrogen) atoms. The zero-order valence-electron chi connectivity index (χ0n) is 14.3. The third-order valence-corrected chi connectivity index (χ3v) is 4.79. The summed E-state index contributed by atoms with van der Waals surface area (Å²) in [6.45, 7) is 1.90. The van der Waals surface area contributed by atoms with Gasteiger partial charge in [0.05, 0.1) is 29.9 Å². The number of ketones is 1. The Morgan fingerprint density at radius 2 is 2.22 bits per heavy atom. The third-order valence-electron chi connectivity index (χ3n) is 3.82. The summed E-state index contributed by atoms with van der Waals surface area (Å²) in [5, 5.41) is 11.7. The van der Waals surface area contributed by atoms with E-state index in [-0.39, 0.29) is 12.2 Å². The summed E-state index contributed by atoms with van der Waals surface area (Å²) in [7, 11) is 0. The quantitative estimate of drug-likeness (QED) is 0.495. The number of carbonyl (C=O) groups is 1. The summed E-state index contributed by atoms with van der Waals surface area (Å²) in [5.41, 5.74) is 2.31. The topological polar surface area (TPSA) is 93.2 Å². The molecule has 0 aliphatic heterocycles. The normalized spacial score (nSPS) is 10.7. The first-order chi connectivity index (χ1) is 13.1. The number of hydrogen-bond donors (Lipinski definition) is 0. The Morgan fingerprint density at radius 3 is 3.00 bits per heavy atom. The van der Waals surface area contributed by atoms with Gasteiger partial charge in [0.25, 0.3) is 0 Å². The van der Waals surface area contributed by atoms with Crippen molar-refractivity contribution < 1.29 is 9.53 Å². The maximum atomic E-state index is 12.8. The van der Waals surface area contributed by atoms with Gasteiger partial charge in [0.1, 0.15) is 28.2 Å². The Balaban J connectivity index is 1.69. The van der Waals surface area contributed by atoms with Crippen LogP contribution in [0.25, 0.3) is 5.65 Å². The lowest BCUT2D eigenvalue weighted by molar-refractivity contribution is 0.0993. The number of nitrogens with zero attached hydrogens (tertiary/aromatic N) is 5. The molecule has 132 valence electrons. The minimum atomic E-state index is -0.0881. The second-order valence-electron chi connectivity index (χ2n) is 5.85. The molecular formula is C19H13N5O2S. The Labute approximate surface area is 158 Å². The second-order valence-corrected chi connectivity index (χ2v) is 6.80. The highest BCUT2D eigenvalue weighted by Crippen LogP contribution is 2.25. The van der Waals surface area contributed by atoms with E-state index in [9.17, 15) is 4.79 Å². The number of carbonyl (C=O) groups excluding carboxylic acids is 1. The molecule has 0 aromatic carbocycles. The predicted octanol–water partition coefficient (Wildman–Crippen LogP) is 3.58. The minimum Gasteiger partial charge on any atom is -0.454 e. The van der Waals surface area contributed by atoms with Crippen molar-refractivity contribution in [2.24, 2.45) is 0 Å². The molecule has 4 aromatic heterocycles. The largest absolute Gasteiger partial charge is 0.454 e. The number of pyridine rings is 2. The Bertz CT molecular complexity index is 1190. The highest BCUT2D eigenvalue weighted by molar-refractivity contribution is 7.09. The van der Waals surface area contributed by atoms with Crippen LogP contribution < -0.4 is 4.74 Å². The Morgan fingerprint density at radius 1 is 1.33 bits per heavy atom. The highest BCUT2D eigenvalue weighted by Gasteiger charge is 2.16.